The van der Waals surface area contributed by atoms with E-state index in [4.69, 9.17) is 16.0 Å². The van der Waals surface area contributed by atoms with Crippen molar-refractivity contribution in [3.63, 3.8) is 0 Å². The van der Waals surface area contributed by atoms with Gasteiger partial charge in [0.15, 0.2) is 5.58 Å². The van der Waals surface area contributed by atoms with Crippen molar-refractivity contribution in [1.29, 1.82) is 0 Å². The first-order valence-corrected chi connectivity index (χ1v) is 8.53. The summed E-state index contributed by atoms with van der Waals surface area (Å²) >= 11 is 5.89. The van der Waals surface area contributed by atoms with Gasteiger partial charge in [-0.05, 0) is 23.6 Å². The number of aromatic nitrogens is 1. The van der Waals surface area contributed by atoms with Crippen molar-refractivity contribution in [2.75, 3.05) is 6.54 Å². The van der Waals surface area contributed by atoms with Crippen LogP contribution in [0.3, 0.4) is 0 Å². The van der Waals surface area contributed by atoms with E-state index in [1.54, 1.807) is 18.2 Å². The molecule has 0 aliphatic heterocycles. The zero-order valence-corrected chi connectivity index (χ0v) is 14.6. The number of benzene rings is 2. The molecule has 1 amide bonds. The zero-order chi connectivity index (χ0) is 17.8. The van der Waals surface area contributed by atoms with Crippen molar-refractivity contribution in [3.05, 3.63) is 69.7 Å². The normalized spacial score (nSPS) is 12.2. The Morgan fingerprint density at radius 2 is 2.00 bits per heavy atom. The standard InChI is InChI=1S/C19H19ClN2O3/c1-13(14-5-3-2-4-6-14)12-21-18(23)9-10-22-16-8-7-15(20)11-17(16)25-19(22)24/h2-8,11,13H,9-10,12H2,1H3,(H,21,23)/t13-/m1/s1. The van der Waals surface area contributed by atoms with Gasteiger partial charge in [-0.1, -0.05) is 48.9 Å². The molecule has 0 saturated heterocycles. The van der Waals surface area contributed by atoms with E-state index < -0.39 is 5.76 Å². The van der Waals surface area contributed by atoms with E-state index in [9.17, 15) is 9.59 Å². The molecule has 1 aromatic heterocycles. The van der Waals surface area contributed by atoms with Gasteiger partial charge in [0.2, 0.25) is 5.91 Å². The van der Waals surface area contributed by atoms with Crippen molar-refractivity contribution in [3.8, 4) is 0 Å². The van der Waals surface area contributed by atoms with Crippen molar-refractivity contribution in [2.24, 2.45) is 0 Å². The number of hydrogen-bond donors (Lipinski definition) is 1. The number of hydrogen-bond acceptors (Lipinski definition) is 3. The zero-order valence-electron chi connectivity index (χ0n) is 13.9. The summed E-state index contributed by atoms with van der Waals surface area (Å²) in [5, 5.41) is 3.41. The van der Waals surface area contributed by atoms with Crippen molar-refractivity contribution in [1.82, 2.24) is 9.88 Å². The number of oxazole rings is 1. The molecule has 0 saturated carbocycles. The lowest BCUT2D eigenvalue weighted by molar-refractivity contribution is -0.121. The minimum atomic E-state index is -0.484. The number of fused-ring (bicyclic) bond motifs is 1. The van der Waals surface area contributed by atoms with Gasteiger partial charge in [-0.2, -0.15) is 0 Å². The Balaban J connectivity index is 1.58. The topological polar surface area (TPSA) is 64.2 Å². The fourth-order valence-corrected chi connectivity index (χ4v) is 2.88. The summed E-state index contributed by atoms with van der Waals surface area (Å²) < 4.78 is 6.61. The molecule has 3 aromatic rings. The van der Waals surface area contributed by atoms with Gasteiger partial charge in [0.05, 0.1) is 5.52 Å². The SMILES string of the molecule is C[C@H](CNC(=O)CCn1c(=O)oc2cc(Cl)ccc21)c1ccccc1. The third-order valence-corrected chi connectivity index (χ3v) is 4.40. The van der Waals surface area contributed by atoms with Gasteiger partial charge < -0.3 is 9.73 Å². The van der Waals surface area contributed by atoms with Gasteiger partial charge in [-0.3, -0.25) is 9.36 Å². The number of nitrogens with one attached hydrogen (secondary N) is 1. The Kier molecular flexibility index (Phi) is 5.24. The largest absolute Gasteiger partial charge is 0.419 e. The molecule has 0 aliphatic rings. The highest BCUT2D eigenvalue weighted by Crippen LogP contribution is 2.18. The molecular formula is C19H19ClN2O3. The number of carbonyl (C=O) groups excluding carboxylic acids is 1. The van der Waals surface area contributed by atoms with Crippen LogP contribution >= 0.6 is 11.6 Å². The van der Waals surface area contributed by atoms with Crippen LogP contribution in [0.15, 0.2) is 57.7 Å². The predicted molar refractivity (Wildman–Crippen MR) is 98.0 cm³/mol. The van der Waals surface area contributed by atoms with Gasteiger partial charge in [0.1, 0.15) is 0 Å². The summed E-state index contributed by atoms with van der Waals surface area (Å²) in [7, 11) is 0. The number of carbonyl (C=O) groups is 1. The minimum Gasteiger partial charge on any atom is -0.408 e. The van der Waals surface area contributed by atoms with Crippen molar-refractivity contribution < 1.29 is 9.21 Å². The molecule has 0 unspecified atom stereocenters. The lowest BCUT2D eigenvalue weighted by Gasteiger charge is -2.13. The second kappa shape index (κ2) is 7.57. The fourth-order valence-electron chi connectivity index (χ4n) is 2.72. The number of nitrogens with zero attached hydrogens (tertiary/aromatic N) is 1. The van der Waals surface area contributed by atoms with Crippen LogP contribution in [0.1, 0.15) is 24.8 Å². The Morgan fingerprint density at radius 3 is 2.76 bits per heavy atom. The molecule has 130 valence electrons. The van der Waals surface area contributed by atoms with Gasteiger partial charge in [-0.15, -0.1) is 0 Å². The number of halogens is 1. The van der Waals surface area contributed by atoms with Crippen LogP contribution in [0.2, 0.25) is 5.02 Å². The third-order valence-electron chi connectivity index (χ3n) is 4.17. The van der Waals surface area contributed by atoms with E-state index in [-0.39, 0.29) is 24.8 Å². The second-order valence-corrected chi connectivity index (χ2v) is 6.43. The van der Waals surface area contributed by atoms with E-state index >= 15 is 0 Å². The number of rotatable bonds is 6. The molecule has 0 bridgehead atoms. The van der Waals surface area contributed by atoms with Crippen LogP contribution in [-0.4, -0.2) is 17.0 Å². The van der Waals surface area contributed by atoms with Crippen LogP contribution in [-0.2, 0) is 11.3 Å². The first kappa shape index (κ1) is 17.3. The molecule has 1 atom stereocenters. The molecule has 6 heteroatoms. The van der Waals surface area contributed by atoms with Crippen molar-refractivity contribution in [2.45, 2.75) is 25.8 Å². The summed E-state index contributed by atoms with van der Waals surface area (Å²) in [6.45, 7) is 2.88. The predicted octanol–water partition coefficient (Wildman–Crippen LogP) is 3.56. The summed E-state index contributed by atoms with van der Waals surface area (Å²) in [4.78, 5) is 24.0. The highest BCUT2D eigenvalue weighted by Gasteiger charge is 2.12. The first-order chi connectivity index (χ1) is 12.0. The number of aryl methyl sites for hydroxylation is 1. The molecule has 25 heavy (non-hydrogen) atoms. The Labute approximate surface area is 150 Å². The highest BCUT2D eigenvalue weighted by atomic mass is 35.5. The van der Waals surface area contributed by atoms with Gasteiger partial charge >= 0.3 is 5.76 Å². The summed E-state index contributed by atoms with van der Waals surface area (Å²) in [5.41, 5.74) is 2.24. The van der Waals surface area contributed by atoms with Crippen LogP contribution in [0.4, 0.5) is 0 Å². The minimum absolute atomic E-state index is 0.0991. The molecule has 1 heterocycles. The average molecular weight is 359 g/mol. The fraction of sp³-hybridized carbons (Fsp3) is 0.263. The molecular weight excluding hydrogens is 340 g/mol. The van der Waals surface area contributed by atoms with Gasteiger partial charge in [0, 0.05) is 30.6 Å². The Morgan fingerprint density at radius 1 is 1.24 bits per heavy atom. The third kappa shape index (κ3) is 4.12. The number of amides is 1. The maximum atomic E-state index is 12.1. The highest BCUT2D eigenvalue weighted by molar-refractivity contribution is 6.31. The van der Waals surface area contributed by atoms with Crippen LogP contribution in [0.25, 0.3) is 11.1 Å². The lowest BCUT2D eigenvalue weighted by Crippen LogP contribution is -2.29. The molecule has 0 radical (unpaired) electrons. The quantitative estimate of drug-likeness (QED) is 0.732. The Hall–Kier alpha value is -2.53. The molecule has 1 N–H and O–H groups in total. The van der Waals surface area contributed by atoms with E-state index in [0.29, 0.717) is 22.7 Å². The van der Waals surface area contributed by atoms with Gasteiger partial charge in [0.25, 0.3) is 0 Å². The van der Waals surface area contributed by atoms with Crippen molar-refractivity contribution >= 4 is 28.6 Å². The summed E-state index contributed by atoms with van der Waals surface area (Å²) in [5.74, 6) is -0.356. The maximum Gasteiger partial charge on any atom is 0.419 e. The smallest absolute Gasteiger partial charge is 0.408 e. The van der Waals surface area contributed by atoms with Crippen LogP contribution in [0.5, 0.6) is 0 Å². The van der Waals surface area contributed by atoms with E-state index in [0.717, 1.165) is 0 Å². The maximum absolute atomic E-state index is 12.1. The molecule has 2 aromatic carbocycles. The Bertz CT molecular complexity index is 931. The van der Waals surface area contributed by atoms with Crippen LogP contribution in [0, 0.1) is 0 Å². The molecule has 5 nitrogen and oxygen atoms in total. The van der Waals surface area contributed by atoms with Gasteiger partial charge in [-0.25, -0.2) is 4.79 Å². The monoisotopic (exact) mass is 358 g/mol. The lowest BCUT2D eigenvalue weighted by atomic mass is 10.0. The van der Waals surface area contributed by atoms with Crippen LogP contribution < -0.4 is 11.1 Å². The van der Waals surface area contributed by atoms with E-state index in [1.807, 2.05) is 30.3 Å². The summed E-state index contributed by atoms with van der Waals surface area (Å²) in [6, 6.07) is 15.0. The summed E-state index contributed by atoms with van der Waals surface area (Å²) in [6.07, 6.45) is 0.207. The molecule has 0 fully saturated rings. The second-order valence-electron chi connectivity index (χ2n) is 6.00. The average Bonchev–Trinajstić information content (AvgIpc) is 2.92. The molecule has 3 rings (SSSR count). The van der Waals surface area contributed by atoms with E-state index in [2.05, 4.69) is 12.2 Å². The first-order valence-electron chi connectivity index (χ1n) is 8.15. The molecule has 0 aliphatic carbocycles. The molecule has 0 spiro atoms. The van der Waals surface area contributed by atoms with E-state index in [1.165, 1.54) is 10.1 Å².